The third-order valence-electron chi connectivity index (χ3n) is 1.78. The second-order valence-electron chi connectivity index (χ2n) is 2.69. The Kier molecular flexibility index (Phi) is 2.34. The number of anilines is 1. The summed E-state index contributed by atoms with van der Waals surface area (Å²) >= 11 is 7.12. The van der Waals surface area contributed by atoms with E-state index in [0.717, 1.165) is 4.88 Å². The summed E-state index contributed by atoms with van der Waals surface area (Å²) in [7, 11) is -2.23. The zero-order valence-corrected chi connectivity index (χ0v) is 9.21. The lowest BCUT2D eigenvalue weighted by Crippen LogP contribution is -2.06. The van der Waals surface area contributed by atoms with Crippen LogP contribution < -0.4 is 5.73 Å². The van der Waals surface area contributed by atoms with E-state index in [0.29, 0.717) is 22.3 Å². The maximum atomic E-state index is 10.7. The van der Waals surface area contributed by atoms with Crippen LogP contribution in [0.25, 0.3) is 5.03 Å². The molecule has 0 radical (unpaired) electrons. The molecule has 0 aromatic carbocycles. The first-order valence-corrected chi connectivity index (χ1v) is 5.92. The molecule has 0 fully saturated rings. The van der Waals surface area contributed by atoms with Gasteiger partial charge in [-0.3, -0.25) is 0 Å². The number of hydrogen-bond donors (Lipinski definition) is 1. The molecule has 2 N–H and O–H groups in total. The second-order valence-corrected chi connectivity index (χ2v) is 5.21. The largest absolute Gasteiger partial charge is 0.375 e. The fraction of sp³-hybridized carbons (Fsp3) is 0.143. The number of allylic oxidation sites excluding steroid dienone is 1. The van der Waals surface area contributed by atoms with Gasteiger partial charge in [0.05, 0.1) is 15.6 Å². The van der Waals surface area contributed by atoms with Gasteiger partial charge < -0.3 is 5.73 Å². The summed E-state index contributed by atoms with van der Waals surface area (Å²) in [6.45, 7) is 0. The lowest BCUT2D eigenvalue weighted by atomic mass is 10.1. The van der Waals surface area contributed by atoms with Crippen LogP contribution in [0.3, 0.4) is 0 Å². The lowest BCUT2D eigenvalue weighted by molar-refractivity contribution is 0.627. The highest BCUT2D eigenvalue weighted by atomic mass is 35.5. The van der Waals surface area contributed by atoms with Gasteiger partial charge in [0.25, 0.3) is 0 Å². The second kappa shape index (κ2) is 3.38. The van der Waals surface area contributed by atoms with Gasteiger partial charge >= 0.3 is 0 Å². The smallest absolute Gasteiger partial charge is 0.217 e. The molecule has 4 nitrogen and oxygen atoms in total. The molecule has 1 aromatic heterocycles. The third kappa shape index (κ3) is 1.56. The van der Waals surface area contributed by atoms with Crippen molar-refractivity contribution in [1.29, 1.82) is 0 Å². The number of hydrogen-bond acceptors (Lipinski definition) is 5. The predicted octanol–water partition coefficient (Wildman–Crippen LogP) is 0.913. The first-order valence-electron chi connectivity index (χ1n) is 3.66. The number of halogens is 1. The van der Waals surface area contributed by atoms with Crippen LogP contribution in [0.4, 0.5) is 5.13 Å². The van der Waals surface area contributed by atoms with Gasteiger partial charge in [-0.15, -0.1) is 11.3 Å². The summed E-state index contributed by atoms with van der Waals surface area (Å²) in [5.74, 6) is 0. The number of rotatable bonds is 0. The zero-order valence-electron chi connectivity index (χ0n) is 6.82. The Morgan fingerprint density at radius 2 is 2.29 bits per heavy atom. The normalized spacial score (nSPS) is 14.9. The van der Waals surface area contributed by atoms with Crippen LogP contribution in [-0.2, 0) is 16.7 Å². The molecule has 0 unspecified atom stereocenters. The number of nitrogens with zero attached hydrogens (tertiary/aromatic N) is 1. The van der Waals surface area contributed by atoms with E-state index in [1.807, 2.05) is 0 Å². The summed E-state index contributed by atoms with van der Waals surface area (Å²) in [6, 6.07) is 0. The topological polar surface area (TPSA) is 73.0 Å². The molecule has 1 heterocycles. The highest BCUT2D eigenvalue weighted by Gasteiger charge is 2.20. The van der Waals surface area contributed by atoms with E-state index in [1.165, 1.54) is 17.4 Å². The number of fused-ring (bicyclic) bond motifs is 1. The van der Waals surface area contributed by atoms with Crippen molar-refractivity contribution in [1.82, 2.24) is 4.98 Å². The maximum Gasteiger partial charge on any atom is 0.217 e. The van der Waals surface area contributed by atoms with E-state index in [1.54, 1.807) is 0 Å². The Labute approximate surface area is 90.6 Å². The SMILES string of the molecule is Nc1nc2c(s1)CC(=S(=O)=O)C=C2Cl. The average Bonchev–Trinajstić information content (AvgIpc) is 2.45. The minimum atomic E-state index is -2.23. The summed E-state index contributed by atoms with van der Waals surface area (Å²) in [5, 5.41) is 0.734. The van der Waals surface area contributed by atoms with Crippen molar-refractivity contribution in [2.45, 2.75) is 6.42 Å². The Bertz CT molecular complexity index is 548. The van der Waals surface area contributed by atoms with Crippen LogP contribution in [-0.4, -0.2) is 18.3 Å². The molecule has 0 saturated heterocycles. The first kappa shape index (κ1) is 9.70. The molecule has 0 aliphatic heterocycles. The highest BCUT2D eigenvalue weighted by molar-refractivity contribution is 7.73. The molecule has 74 valence electrons. The van der Waals surface area contributed by atoms with Crippen molar-refractivity contribution in [2.75, 3.05) is 5.73 Å². The van der Waals surface area contributed by atoms with E-state index >= 15 is 0 Å². The van der Waals surface area contributed by atoms with Gasteiger partial charge in [-0.05, 0) is 6.08 Å². The van der Waals surface area contributed by atoms with Crippen molar-refractivity contribution in [3.05, 3.63) is 16.6 Å². The van der Waals surface area contributed by atoms with Crippen LogP contribution in [0, 0.1) is 0 Å². The predicted molar refractivity (Wildman–Crippen MR) is 58.0 cm³/mol. The van der Waals surface area contributed by atoms with Crippen molar-refractivity contribution < 1.29 is 8.42 Å². The van der Waals surface area contributed by atoms with Crippen LogP contribution >= 0.6 is 22.9 Å². The lowest BCUT2D eigenvalue weighted by Gasteiger charge is -2.05. The van der Waals surface area contributed by atoms with Gasteiger partial charge in [0.2, 0.25) is 10.3 Å². The maximum absolute atomic E-state index is 10.7. The number of nitrogens with two attached hydrogens (primary N) is 1. The summed E-state index contributed by atoms with van der Waals surface area (Å²) in [5.41, 5.74) is 6.10. The van der Waals surface area contributed by atoms with Crippen LogP contribution in [0.2, 0.25) is 0 Å². The third-order valence-corrected chi connectivity index (χ3v) is 3.64. The molecule has 0 amide bonds. The van der Waals surface area contributed by atoms with E-state index in [2.05, 4.69) is 4.98 Å². The Balaban J connectivity index is 2.65. The quantitative estimate of drug-likeness (QED) is 0.693. The van der Waals surface area contributed by atoms with Gasteiger partial charge in [-0.25, -0.2) is 4.98 Å². The molecule has 0 atom stereocenters. The van der Waals surface area contributed by atoms with Crippen molar-refractivity contribution in [3.8, 4) is 0 Å². The van der Waals surface area contributed by atoms with Crippen molar-refractivity contribution in [3.63, 3.8) is 0 Å². The first-order chi connectivity index (χ1) is 6.58. The molecule has 7 heteroatoms. The molecule has 1 aliphatic rings. The average molecular weight is 249 g/mol. The van der Waals surface area contributed by atoms with E-state index < -0.39 is 10.3 Å². The van der Waals surface area contributed by atoms with Gasteiger partial charge in [-0.2, -0.15) is 8.42 Å². The number of nitrogen functional groups attached to an aromatic ring is 1. The Hall–Kier alpha value is -0.850. The minimum absolute atomic E-state index is 0.270. The van der Waals surface area contributed by atoms with E-state index in [9.17, 15) is 8.42 Å². The Morgan fingerprint density at radius 3 is 2.93 bits per heavy atom. The molecule has 0 bridgehead atoms. The number of thiazole rings is 1. The van der Waals surface area contributed by atoms with E-state index in [4.69, 9.17) is 17.3 Å². The van der Waals surface area contributed by atoms with Gasteiger partial charge in [0.15, 0.2) is 5.13 Å². The molecular formula is C7H5ClN2O2S2. The molecule has 1 aromatic rings. The monoisotopic (exact) mass is 248 g/mol. The molecular weight excluding hydrogens is 244 g/mol. The fourth-order valence-corrected chi connectivity index (χ4v) is 3.05. The minimum Gasteiger partial charge on any atom is -0.375 e. The van der Waals surface area contributed by atoms with Crippen LogP contribution in [0.15, 0.2) is 6.08 Å². The summed E-state index contributed by atoms with van der Waals surface area (Å²) in [4.78, 5) is 5.08. The molecule has 0 saturated carbocycles. The summed E-state index contributed by atoms with van der Waals surface area (Å²) < 4.78 is 21.5. The molecule has 14 heavy (non-hydrogen) atoms. The van der Waals surface area contributed by atoms with Crippen molar-refractivity contribution in [2.24, 2.45) is 0 Å². The van der Waals surface area contributed by atoms with Crippen molar-refractivity contribution >= 4 is 48.3 Å². The molecule has 1 aliphatic carbocycles. The van der Waals surface area contributed by atoms with Gasteiger partial charge in [0, 0.05) is 11.3 Å². The van der Waals surface area contributed by atoms with Crippen LogP contribution in [0.5, 0.6) is 0 Å². The molecule has 0 spiro atoms. The zero-order chi connectivity index (χ0) is 10.3. The molecule has 2 rings (SSSR count). The standard InChI is InChI=1S/C7H5ClN2O2S2/c8-4-1-3(14(11)12)2-5-6(4)10-7(9)13-5/h1H,2H2,(H2,9,10). The van der Waals surface area contributed by atoms with Crippen LogP contribution in [0.1, 0.15) is 10.6 Å². The Morgan fingerprint density at radius 1 is 1.57 bits per heavy atom. The highest BCUT2D eigenvalue weighted by Crippen LogP contribution is 2.32. The van der Waals surface area contributed by atoms with E-state index in [-0.39, 0.29) is 4.86 Å². The summed E-state index contributed by atoms with van der Waals surface area (Å²) in [6.07, 6.45) is 1.74. The fourth-order valence-electron chi connectivity index (χ4n) is 1.20. The van der Waals surface area contributed by atoms with Gasteiger partial charge in [-0.1, -0.05) is 11.6 Å². The van der Waals surface area contributed by atoms with Gasteiger partial charge in [0.1, 0.15) is 0 Å². The number of aromatic nitrogens is 1.